The summed E-state index contributed by atoms with van der Waals surface area (Å²) in [6.07, 6.45) is 5.93. The van der Waals surface area contributed by atoms with Crippen LogP contribution in [0, 0.1) is 0 Å². The number of amides is 1. The molecule has 1 heterocycles. The molecule has 0 unspecified atom stereocenters. The lowest BCUT2D eigenvalue weighted by molar-refractivity contribution is 0.167. The summed E-state index contributed by atoms with van der Waals surface area (Å²) in [6, 6.07) is 21.0. The van der Waals surface area contributed by atoms with Gasteiger partial charge in [-0.25, -0.2) is 4.79 Å². The smallest absolute Gasteiger partial charge is 0.437 e. The van der Waals surface area contributed by atoms with Gasteiger partial charge >= 0.3 is 6.09 Å². The summed E-state index contributed by atoms with van der Waals surface area (Å²) >= 11 is 0. The minimum atomic E-state index is -0.670. The molecule has 0 aliphatic rings. The summed E-state index contributed by atoms with van der Waals surface area (Å²) in [4.78, 5) is 20.4. The maximum absolute atomic E-state index is 11.7. The lowest BCUT2D eigenvalue weighted by Gasteiger charge is -2.08. The number of nitrogens with zero attached hydrogens (tertiary/aromatic N) is 2. The number of hydrogen-bond acceptors (Lipinski definition) is 5. The van der Waals surface area contributed by atoms with Crippen molar-refractivity contribution < 1.29 is 14.4 Å². The van der Waals surface area contributed by atoms with Crippen molar-refractivity contribution in [3.05, 3.63) is 90.3 Å². The third-order valence-corrected chi connectivity index (χ3v) is 3.84. The van der Waals surface area contributed by atoms with E-state index in [0.29, 0.717) is 12.3 Å². The molecule has 0 fully saturated rings. The molecular formula is C22H21N3O3. The number of aromatic nitrogens is 1. The molecule has 3 aromatic rings. The molecule has 6 heteroatoms. The lowest BCUT2D eigenvalue weighted by Crippen LogP contribution is -2.10. The molecule has 0 spiro atoms. The highest BCUT2D eigenvalue weighted by Crippen LogP contribution is 2.16. The predicted molar refractivity (Wildman–Crippen MR) is 109 cm³/mol. The first-order valence-corrected chi connectivity index (χ1v) is 8.98. The van der Waals surface area contributed by atoms with Crippen LogP contribution < -0.4 is 10.1 Å². The van der Waals surface area contributed by atoms with Crippen molar-refractivity contribution in [2.45, 2.75) is 12.8 Å². The molecule has 0 atom stereocenters. The predicted octanol–water partition coefficient (Wildman–Crippen LogP) is 4.68. The maximum Gasteiger partial charge on any atom is 0.437 e. The van der Waals surface area contributed by atoms with Crippen LogP contribution in [0.1, 0.15) is 17.5 Å². The molecule has 0 saturated heterocycles. The van der Waals surface area contributed by atoms with Crippen LogP contribution in [0.5, 0.6) is 5.75 Å². The number of nitrogens with one attached hydrogen (secondary N) is 1. The molecule has 1 N–H and O–H groups in total. The zero-order chi connectivity index (χ0) is 19.4. The average molecular weight is 375 g/mol. The van der Waals surface area contributed by atoms with E-state index in [1.165, 1.54) is 11.8 Å². The first-order chi connectivity index (χ1) is 13.8. The van der Waals surface area contributed by atoms with E-state index < -0.39 is 6.09 Å². The SMILES string of the molecule is O=C(Nc1ccc(OCCCc2ccccc2)cc1)O/N=C/c1cccnc1. The van der Waals surface area contributed by atoms with E-state index in [1.54, 1.807) is 48.8 Å². The first-order valence-electron chi connectivity index (χ1n) is 8.98. The molecule has 0 radical (unpaired) electrons. The van der Waals surface area contributed by atoms with Crippen LogP contribution in [0.4, 0.5) is 10.5 Å². The third kappa shape index (κ3) is 6.57. The first kappa shape index (κ1) is 19.1. The number of rotatable bonds is 8. The van der Waals surface area contributed by atoms with E-state index in [2.05, 4.69) is 27.6 Å². The molecule has 0 aliphatic carbocycles. The van der Waals surface area contributed by atoms with Gasteiger partial charge in [-0.1, -0.05) is 41.6 Å². The number of anilines is 1. The largest absolute Gasteiger partial charge is 0.494 e. The van der Waals surface area contributed by atoms with Crippen LogP contribution in [0.15, 0.2) is 84.3 Å². The molecule has 3 rings (SSSR count). The van der Waals surface area contributed by atoms with Gasteiger partial charge in [0.25, 0.3) is 0 Å². The van der Waals surface area contributed by atoms with Crippen molar-refractivity contribution >= 4 is 18.0 Å². The Hall–Kier alpha value is -3.67. The average Bonchev–Trinajstić information content (AvgIpc) is 2.74. The Morgan fingerprint density at radius 3 is 2.61 bits per heavy atom. The Morgan fingerprint density at radius 2 is 1.86 bits per heavy atom. The summed E-state index contributed by atoms with van der Waals surface area (Å²) in [5.41, 5.74) is 2.64. The van der Waals surface area contributed by atoms with E-state index >= 15 is 0 Å². The van der Waals surface area contributed by atoms with E-state index in [0.717, 1.165) is 24.2 Å². The molecule has 1 aromatic heterocycles. The molecule has 142 valence electrons. The molecule has 0 bridgehead atoms. The van der Waals surface area contributed by atoms with Gasteiger partial charge in [0, 0.05) is 23.6 Å². The Bertz CT molecular complexity index is 882. The van der Waals surface area contributed by atoms with Gasteiger partial charge in [-0.2, -0.15) is 0 Å². The number of aryl methyl sites for hydroxylation is 1. The minimum Gasteiger partial charge on any atom is -0.494 e. The number of hydrogen-bond donors (Lipinski definition) is 1. The molecule has 1 amide bonds. The van der Waals surface area contributed by atoms with E-state index in [9.17, 15) is 4.79 Å². The zero-order valence-corrected chi connectivity index (χ0v) is 15.3. The van der Waals surface area contributed by atoms with Crippen molar-refractivity contribution in [1.82, 2.24) is 4.98 Å². The normalized spacial score (nSPS) is 10.6. The van der Waals surface area contributed by atoms with Gasteiger partial charge in [0.1, 0.15) is 5.75 Å². The second kappa shape index (κ2) is 10.5. The van der Waals surface area contributed by atoms with E-state index in [4.69, 9.17) is 9.57 Å². The fourth-order valence-electron chi connectivity index (χ4n) is 2.47. The van der Waals surface area contributed by atoms with Crippen LogP contribution in [-0.2, 0) is 11.3 Å². The number of pyridine rings is 1. The topological polar surface area (TPSA) is 72.8 Å². The molecule has 2 aromatic carbocycles. The van der Waals surface area contributed by atoms with Gasteiger partial charge in [0.2, 0.25) is 0 Å². The number of ether oxygens (including phenoxy) is 1. The zero-order valence-electron chi connectivity index (χ0n) is 15.3. The third-order valence-electron chi connectivity index (χ3n) is 3.84. The van der Waals surface area contributed by atoms with E-state index in [1.807, 2.05) is 18.2 Å². The highest BCUT2D eigenvalue weighted by atomic mass is 16.7. The van der Waals surface area contributed by atoms with Crippen LogP contribution in [0.25, 0.3) is 0 Å². The summed E-state index contributed by atoms with van der Waals surface area (Å²) in [7, 11) is 0. The molecule has 0 aliphatic heterocycles. The Morgan fingerprint density at radius 1 is 1.04 bits per heavy atom. The van der Waals surface area contributed by atoms with Gasteiger partial charge in [-0.3, -0.25) is 15.1 Å². The molecule has 6 nitrogen and oxygen atoms in total. The second-order valence-electron chi connectivity index (χ2n) is 5.99. The van der Waals surface area contributed by atoms with Gasteiger partial charge in [0.15, 0.2) is 0 Å². The number of carbonyl (C=O) groups is 1. The standard InChI is InChI=1S/C22H21N3O3/c26-22(28-24-17-19-8-4-14-23-16-19)25-20-10-12-21(13-11-20)27-15-5-9-18-6-2-1-3-7-18/h1-4,6-8,10-14,16-17H,5,9,15H2,(H,25,26)/b24-17+. The second-order valence-corrected chi connectivity index (χ2v) is 5.99. The van der Waals surface area contributed by atoms with Gasteiger partial charge in [-0.15, -0.1) is 0 Å². The Kier molecular flexibility index (Phi) is 7.14. The van der Waals surface area contributed by atoms with Crippen LogP contribution in [0.2, 0.25) is 0 Å². The Balaban J connectivity index is 1.37. The van der Waals surface area contributed by atoms with Gasteiger partial charge in [0.05, 0.1) is 12.8 Å². The van der Waals surface area contributed by atoms with Crippen molar-refractivity contribution in [3.63, 3.8) is 0 Å². The molecule has 28 heavy (non-hydrogen) atoms. The highest BCUT2D eigenvalue weighted by Gasteiger charge is 2.03. The van der Waals surface area contributed by atoms with E-state index in [-0.39, 0.29) is 0 Å². The van der Waals surface area contributed by atoms with Gasteiger partial charge in [-0.05, 0) is 48.7 Å². The van der Waals surface area contributed by atoms with Crippen molar-refractivity contribution in [2.24, 2.45) is 5.16 Å². The van der Waals surface area contributed by atoms with Crippen LogP contribution in [0.3, 0.4) is 0 Å². The summed E-state index contributed by atoms with van der Waals surface area (Å²) in [5.74, 6) is 0.751. The fraction of sp³-hybridized carbons (Fsp3) is 0.136. The Labute approximate surface area is 163 Å². The van der Waals surface area contributed by atoms with Gasteiger partial charge < -0.3 is 4.74 Å². The minimum absolute atomic E-state index is 0.596. The summed E-state index contributed by atoms with van der Waals surface area (Å²) < 4.78 is 5.73. The lowest BCUT2D eigenvalue weighted by atomic mass is 10.1. The monoisotopic (exact) mass is 375 g/mol. The summed E-state index contributed by atoms with van der Waals surface area (Å²) in [5, 5.41) is 6.23. The fourth-order valence-corrected chi connectivity index (χ4v) is 2.47. The maximum atomic E-state index is 11.7. The number of benzene rings is 2. The molecule has 0 saturated carbocycles. The van der Waals surface area contributed by atoms with Crippen molar-refractivity contribution in [2.75, 3.05) is 11.9 Å². The number of carbonyl (C=O) groups excluding carboxylic acids is 1. The van der Waals surface area contributed by atoms with Crippen LogP contribution >= 0.6 is 0 Å². The number of oxime groups is 1. The quantitative estimate of drug-likeness (QED) is 0.269. The van der Waals surface area contributed by atoms with Crippen molar-refractivity contribution in [1.29, 1.82) is 0 Å². The molecular weight excluding hydrogens is 354 g/mol. The summed E-state index contributed by atoms with van der Waals surface area (Å²) in [6.45, 7) is 0.632. The van der Waals surface area contributed by atoms with Crippen molar-refractivity contribution in [3.8, 4) is 5.75 Å². The highest BCUT2D eigenvalue weighted by molar-refractivity contribution is 5.85. The van der Waals surface area contributed by atoms with Crippen LogP contribution in [-0.4, -0.2) is 23.9 Å².